The predicted molar refractivity (Wildman–Crippen MR) is 159 cm³/mol. The number of benzene rings is 2. The number of hydrogen-bond acceptors (Lipinski definition) is 8. The van der Waals surface area contributed by atoms with E-state index in [1.54, 1.807) is 6.20 Å². The van der Waals surface area contributed by atoms with Crippen LogP contribution in [0.15, 0.2) is 53.9 Å². The van der Waals surface area contributed by atoms with Gasteiger partial charge in [0.15, 0.2) is 5.82 Å². The maximum absolute atomic E-state index is 13.8. The fourth-order valence-corrected chi connectivity index (χ4v) is 4.76. The van der Waals surface area contributed by atoms with Crippen LogP contribution in [0.25, 0.3) is 11.0 Å². The van der Waals surface area contributed by atoms with Crippen LogP contribution in [-0.4, -0.2) is 45.2 Å². The third kappa shape index (κ3) is 6.31. The zero-order chi connectivity index (χ0) is 27.5. The third-order valence-corrected chi connectivity index (χ3v) is 7.22. The second-order valence-corrected chi connectivity index (χ2v) is 10.9. The van der Waals surface area contributed by atoms with Crippen LogP contribution in [0.1, 0.15) is 31.4 Å². The predicted octanol–water partition coefficient (Wildman–Crippen LogP) is 6.93. The molecule has 0 radical (unpaired) electrons. The Kier molecular flexibility index (Phi) is 7.98. The average molecular weight is 546 g/mol. The summed E-state index contributed by atoms with van der Waals surface area (Å²) in [6.07, 6.45) is 5.89. The fourth-order valence-electron chi connectivity index (χ4n) is 4.44. The number of alkyl halides is 1. The molecule has 0 bridgehead atoms. The Morgan fingerprint density at radius 3 is 2.72 bits per heavy atom. The van der Waals surface area contributed by atoms with Crippen molar-refractivity contribution in [2.45, 2.75) is 40.0 Å². The van der Waals surface area contributed by atoms with Crippen LogP contribution in [0, 0.1) is 25.7 Å². The van der Waals surface area contributed by atoms with E-state index in [4.69, 9.17) is 9.72 Å². The first-order chi connectivity index (χ1) is 18.8. The highest BCUT2D eigenvalue weighted by Gasteiger charge is 2.29. The van der Waals surface area contributed by atoms with E-state index in [1.165, 1.54) is 6.33 Å². The van der Waals surface area contributed by atoms with Crippen LogP contribution in [-0.2, 0) is 0 Å². The molecule has 2 aromatic heterocycles. The van der Waals surface area contributed by atoms with Crippen molar-refractivity contribution in [1.29, 1.82) is 0 Å². The standard InChI is InChI=1S/C29H33FN7OP/c1-17(2)13-31-23-12-22(7-5-18(23)3)38-25-8-6-21(11-19(25)4)35-28-26-24(33-16-34-28)14-32-29(36-26)37-10-9-20(15-37)27(30)39/h5-8,11-14,16-17,20,27H,9-10,15,39H2,1-4H3,(H,33,34,35). The summed E-state index contributed by atoms with van der Waals surface area (Å²) >= 11 is 0. The Morgan fingerprint density at radius 1 is 1.13 bits per heavy atom. The Morgan fingerprint density at radius 2 is 1.97 bits per heavy atom. The van der Waals surface area contributed by atoms with Crippen LogP contribution in [0.4, 0.5) is 27.5 Å². The van der Waals surface area contributed by atoms with E-state index in [1.807, 2.05) is 61.4 Å². The minimum absolute atomic E-state index is 0.0399. The van der Waals surface area contributed by atoms with Gasteiger partial charge in [-0.15, -0.1) is 9.24 Å². The van der Waals surface area contributed by atoms with E-state index >= 15 is 0 Å². The van der Waals surface area contributed by atoms with Crippen LogP contribution in [0.2, 0.25) is 0 Å². The largest absolute Gasteiger partial charge is 0.457 e. The van der Waals surface area contributed by atoms with Gasteiger partial charge < -0.3 is 15.0 Å². The molecule has 1 aliphatic heterocycles. The van der Waals surface area contributed by atoms with Gasteiger partial charge in [0.25, 0.3) is 0 Å². The highest BCUT2D eigenvalue weighted by Crippen LogP contribution is 2.33. The minimum Gasteiger partial charge on any atom is -0.457 e. The first-order valence-corrected chi connectivity index (χ1v) is 13.8. The summed E-state index contributed by atoms with van der Waals surface area (Å²) in [4.78, 5) is 24.6. The molecule has 1 saturated heterocycles. The van der Waals surface area contributed by atoms with Gasteiger partial charge in [0.05, 0.1) is 11.9 Å². The van der Waals surface area contributed by atoms with Crippen molar-refractivity contribution < 1.29 is 9.13 Å². The second kappa shape index (κ2) is 11.6. The number of hydrogen-bond donors (Lipinski definition) is 1. The van der Waals surface area contributed by atoms with E-state index in [9.17, 15) is 4.39 Å². The van der Waals surface area contributed by atoms with Gasteiger partial charge in [-0.05, 0) is 61.6 Å². The summed E-state index contributed by atoms with van der Waals surface area (Å²) in [5.74, 6) is 2.02. The maximum atomic E-state index is 13.8. The van der Waals surface area contributed by atoms with Crippen molar-refractivity contribution in [3.8, 4) is 11.5 Å². The summed E-state index contributed by atoms with van der Waals surface area (Å²) in [5.41, 5.74) is 5.05. The number of nitrogens with zero attached hydrogens (tertiary/aromatic N) is 6. The van der Waals surface area contributed by atoms with Gasteiger partial charge in [-0.1, -0.05) is 19.9 Å². The van der Waals surface area contributed by atoms with E-state index in [-0.39, 0.29) is 5.92 Å². The van der Waals surface area contributed by atoms with Crippen molar-refractivity contribution in [3.05, 3.63) is 60.0 Å². The van der Waals surface area contributed by atoms with E-state index in [2.05, 4.69) is 48.3 Å². The molecule has 3 heterocycles. The highest BCUT2D eigenvalue weighted by molar-refractivity contribution is 7.17. The molecule has 0 amide bonds. The molecule has 10 heteroatoms. The molecular formula is C29H33FN7OP. The van der Waals surface area contributed by atoms with Gasteiger partial charge in [-0.2, -0.15) is 0 Å². The Labute approximate surface area is 230 Å². The number of aromatic nitrogens is 4. The van der Waals surface area contributed by atoms with Crippen LogP contribution in [0.5, 0.6) is 11.5 Å². The molecule has 4 aromatic rings. The number of anilines is 3. The first kappa shape index (κ1) is 26.9. The third-order valence-electron chi connectivity index (χ3n) is 6.68. The van der Waals surface area contributed by atoms with Gasteiger partial charge in [0.2, 0.25) is 5.95 Å². The number of aryl methyl sites for hydroxylation is 2. The van der Waals surface area contributed by atoms with Crippen molar-refractivity contribution >= 4 is 49.6 Å². The Balaban J connectivity index is 1.35. The van der Waals surface area contributed by atoms with Crippen LogP contribution >= 0.6 is 9.24 Å². The van der Waals surface area contributed by atoms with E-state index in [0.717, 1.165) is 40.4 Å². The fraction of sp³-hybridized carbons (Fsp3) is 0.345. The summed E-state index contributed by atoms with van der Waals surface area (Å²) < 4.78 is 20.0. The van der Waals surface area contributed by atoms with E-state index < -0.39 is 5.91 Å². The van der Waals surface area contributed by atoms with Crippen LogP contribution < -0.4 is 15.0 Å². The zero-order valence-electron chi connectivity index (χ0n) is 22.6. The summed E-state index contributed by atoms with van der Waals surface area (Å²) in [5, 5.41) is 3.37. The van der Waals surface area contributed by atoms with Gasteiger partial charge in [-0.25, -0.2) is 24.3 Å². The SMILES string of the molecule is Cc1ccc(Oc2ccc(Nc3ncnc4cnc(N5CCC(C(F)P)C5)nc34)cc2C)cc1N=CC(C)C. The highest BCUT2D eigenvalue weighted by atomic mass is 31.0. The van der Waals surface area contributed by atoms with Crippen molar-refractivity contribution in [3.63, 3.8) is 0 Å². The minimum atomic E-state index is -0.933. The summed E-state index contributed by atoms with van der Waals surface area (Å²) in [7, 11) is 2.26. The number of aliphatic imine (C=N–C) groups is 1. The van der Waals surface area contributed by atoms with E-state index in [0.29, 0.717) is 41.8 Å². The Hall–Kier alpha value is -3.71. The Bertz CT molecular complexity index is 1510. The maximum Gasteiger partial charge on any atom is 0.226 e. The molecule has 202 valence electrons. The summed E-state index contributed by atoms with van der Waals surface area (Å²) in [6, 6.07) is 11.8. The number of halogens is 1. The second-order valence-electron chi connectivity index (χ2n) is 10.2. The molecule has 1 fully saturated rings. The zero-order valence-corrected chi connectivity index (χ0v) is 23.8. The first-order valence-electron chi connectivity index (χ1n) is 13.1. The van der Waals surface area contributed by atoms with Gasteiger partial charge >= 0.3 is 0 Å². The number of rotatable bonds is 8. The quantitative estimate of drug-likeness (QED) is 0.190. The average Bonchev–Trinajstić information content (AvgIpc) is 3.41. The number of fused-ring (bicyclic) bond motifs is 1. The van der Waals surface area contributed by atoms with Gasteiger partial charge in [0.1, 0.15) is 34.8 Å². The van der Waals surface area contributed by atoms with Crippen molar-refractivity contribution in [1.82, 2.24) is 19.9 Å². The molecule has 8 nitrogen and oxygen atoms in total. The lowest BCUT2D eigenvalue weighted by Gasteiger charge is -2.17. The molecule has 39 heavy (non-hydrogen) atoms. The molecule has 0 aliphatic carbocycles. The van der Waals surface area contributed by atoms with Gasteiger partial charge in [-0.3, -0.25) is 4.99 Å². The summed E-state index contributed by atoms with van der Waals surface area (Å²) in [6.45, 7) is 9.54. The molecule has 1 aliphatic rings. The lowest BCUT2D eigenvalue weighted by atomic mass is 10.1. The lowest BCUT2D eigenvalue weighted by molar-refractivity contribution is 0.344. The molecule has 5 rings (SSSR count). The molecular weight excluding hydrogens is 512 g/mol. The van der Waals surface area contributed by atoms with Crippen molar-refractivity contribution in [2.24, 2.45) is 16.8 Å². The molecule has 0 saturated carbocycles. The normalized spacial score (nSPS) is 16.4. The molecule has 0 spiro atoms. The number of ether oxygens (including phenoxy) is 1. The molecule has 3 unspecified atom stereocenters. The van der Waals surface area contributed by atoms with Crippen LogP contribution in [0.3, 0.4) is 0 Å². The lowest BCUT2D eigenvalue weighted by Crippen LogP contribution is -2.23. The van der Waals surface area contributed by atoms with Gasteiger partial charge in [0, 0.05) is 37.0 Å². The smallest absolute Gasteiger partial charge is 0.226 e. The molecule has 3 atom stereocenters. The molecule has 1 N–H and O–H groups in total. The number of nitrogens with one attached hydrogen (secondary N) is 1. The monoisotopic (exact) mass is 545 g/mol. The van der Waals surface area contributed by atoms with Crippen molar-refractivity contribution in [2.75, 3.05) is 23.3 Å². The molecule has 2 aromatic carbocycles. The topological polar surface area (TPSA) is 88.4 Å².